The van der Waals surface area contributed by atoms with Gasteiger partial charge in [-0.3, -0.25) is 0 Å². The van der Waals surface area contributed by atoms with Gasteiger partial charge in [0.15, 0.2) is 0 Å². The summed E-state index contributed by atoms with van der Waals surface area (Å²) in [6.07, 6.45) is 19.1. The molecule has 0 aromatic carbocycles. The van der Waals surface area contributed by atoms with Crippen molar-refractivity contribution in [3.8, 4) is 0 Å². The largest absolute Gasteiger partial charge is 0.0882 e. The SMILES string of the molecule is CCCCCCCCC[C@@H]1C=CCC1. The predicted molar refractivity (Wildman–Crippen MR) is 64.5 cm³/mol. The summed E-state index contributed by atoms with van der Waals surface area (Å²) in [7, 11) is 0. The summed E-state index contributed by atoms with van der Waals surface area (Å²) in [6, 6.07) is 0. The zero-order chi connectivity index (χ0) is 10.1. The van der Waals surface area contributed by atoms with Crippen molar-refractivity contribution in [2.75, 3.05) is 0 Å². The average Bonchev–Trinajstić information content (AvgIpc) is 2.69. The molecule has 14 heavy (non-hydrogen) atoms. The van der Waals surface area contributed by atoms with E-state index in [0.29, 0.717) is 0 Å². The van der Waals surface area contributed by atoms with Crippen molar-refractivity contribution in [3.05, 3.63) is 12.2 Å². The summed E-state index contributed by atoms with van der Waals surface area (Å²) in [5.74, 6) is 0.936. The van der Waals surface area contributed by atoms with Gasteiger partial charge >= 0.3 is 0 Å². The highest BCUT2D eigenvalue weighted by Gasteiger charge is 2.07. The van der Waals surface area contributed by atoms with Crippen molar-refractivity contribution < 1.29 is 0 Å². The number of rotatable bonds is 8. The molecule has 0 radical (unpaired) electrons. The molecule has 0 amide bonds. The van der Waals surface area contributed by atoms with E-state index >= 15 is 0 Å². The molecular weight excluding hydrogens is 168 g/mol. The lowest BCUT2D eigenvalue weighted by Gasteiger charge is -2.06. The average molecular weight is 194 g/mol. The van der Waals surface area contributed by atoms with E-state index in [1.54, 1.807) is 0 Å². The zero-order valence-corrected chi connectivity index (χ0v) is 9.80. The van der Waals surface area contributed by atoms with Crippen molar-refractivity contribution >= 4 is 0 Å². The van der Waals surface area contributed by atoms with Crippen molar-refractivity contribution in [2.45, 2.75) is 71.1 Å². The summed E-state index contributed by atoms with van der Waals surface area (Å²) in [6.45, 7) is 2.28. The molecule has 1 aliphatic rings. The van der Waals surface area contributed by atoms with Crippen molar-refractivity contribution in [2.24, 2.45) is 5.92 Å². The zero-order valence-electron chi connectivity index (χ0n) is 9.80. The van der Waals surface area contributed by atoms with Gasteiger partial charge in [-0.1, -0.05) is 64.0 Å². The van der Waals surface area contributed by atoms with Crippen LogP contribution < -0.4 is 0 Å². The minimum Gasteiger partial charge on any atom is -0.0882 e. The van der Waals surface area contributed by atoms with Crippen LogP contribution in [0.1, 0.15) is 71.1 Å². The normalized spacial score (nSPS) is 20.5. The van der Waals surface area contributed by atoms with Crippen LogP contribution in [0.5, 0.6) is 0 Å². The van der Waals surface area contributed by atoms with Gasteiger partial charge in [-0.25, -0.2) is 0 Å². The van der Waals surface area contributed by atoms with Crippen LogP contribution in [0, 0.1) is 5.92 Å². The van der Waals surface area contributed by atoms with Gasteiger partial charge in [-0.2, -0.15) is 0 Å². The van der Waals surface area contributed by atoms with Crippen LogP contribution in [0.3, 0.4) is 0 Å². The van der Waals surface area contributed by atoms with Crippen LogP contribution in [-0.4, -0.2) is 0 Å². The maximum Gasteiger partial charge on any atom is -0.0231 e. The summed E-state index contributed by atoms with van der Waals surface area (Å²) in [4.78, 5) is 0. The van der Waals surface area contributed by atoms with E-state index in [-0.39, 0.29) is 0 Å². The molecular formula is C14H26. The lowest BCUT2D eigenvalue weighted by molar-refractivity contribution is 0.510. The molecule has 1 atom stereocenters. The molecule has 0 heterocycles. The molecule has 0 nitrogen and oxygen atoms in total. The monoisotopic (exact) mass is 194 g/mol. The minimum absolute atomic E-state index is 0.936. The van der Waals surface area contributed by atoms with Crippen LogP contribution in [0.2, 0.25) is 0 Å². The molecule has 1 rings (SSSR count). The number of allylic oxidation sites excluding steroid dienone is 2. The maximum atomic E-state index is 2.43. The van der Waals surface area contributed by atoms with Crippen LogP contribution in [0.25, 0.3) is 0 Å². The Hall–Kier alpha value is -0.260. The Morgan fingerprint density at radius 2 is 1.71 bits per heavy atom. The van der Waals surface area contributed by atoms with E-state index in [1.165, 1.54) is 64.2 Å². The van der Waals surface area contributed by atoms with Gasteiger partial charge in [0.2, 0.25) is 0 Å². The Bertz CT molecular complexity index is 146. The summed E-state index contributed by atoms with van der Waals surface area (Å²) in [5, 5.41) is 0. The molecule has 0 heteroatoms. The van der Waals surface area contributed by atoms with Crippen molar-refractivity contribution in [1.82, 2.24) is 0 Å². The second kappa shape index (κ2) is 8.08. The van der Waals surface area contributed by atoms with Crippen LogP contribution in [-0.2, 0) is 0 Å². The maximum absolute atomic E-state index is 2.43. The Balaban J connectivity index is 1.77. The second-order valence-electron chi connectivity index (χ2n) is 4.68. The van der Waals surface area contributed by atoms with Crippen LogP contribution in [0.15, 0.2) is 12.2 Å². The smallest absolute Gasteiger partial charge is 0.0231 e. The van der Waals surface area contributed by atoms with Gasteiger partial charge < -0.3 is 0 Å². The fourth-order valence-corrected chi connectivity index (χ4v) is 2.30. The van der Waals surface area contributed by atoms with E-state index in [4.69, 9.17) is 0 Å². The lowest BCUT2D eigenvalue weighted by atomic mass is 10.00. The standard InChI is InChI=1S/C14H26/c1-2-3-4-5-6-7-8-11-14-12-9-10-13-14/h9,12,14H,2-8,10-11,13H2,1H3/t14-/m1/s1. The second-order valence-corrected chi connectivity index (χ2v) is 4.68. The van der Waals surface area contributed by atoms with Crippen LogP contribution >= 0.6 is 0 Å². The first-order valence-electron chi connectivity index (χ1n) is 6.60. The summed E-state index contributed by atoms with van der Waals surface area (Å²) in [5.41, 5.74) is 0. The fraction of sp³-hybridized carbons (Fsp3) is 0.857. The molecule has 0 aliphatic heterocycles. The van der Waals surface area contributed by atoms with Gasteiger partial charge in [0, 0.05) is 0 Å². The van der Waals surface area contributed by atoms with Gasteiger partial charge in [-0.05, 0) is 25.2 Å². The Morgan fingerprint density at radius 3 is 2.36 bits per heavy atom. The highest BCUT2D eigenvalue weighted by molar-refractivity contribution is 4.95. The predicted octanol–water partition coefficient (Wildman–Crippen LogP) is 5.09. The molecule has 0 aromatic heterocycles. The fourth-order valence-electron chi connectivity index (χ4n) is 2.30. The highest BCUT2D eigenvalue weighted by Crippen LogP contribution is 2.23. The first-order valence-corrected chi connectivity index (χ1v) is 6.60. The highest BCUT2D eigenvalue weighted by atomic mass is 14.1. The van der Waals surface area contributed by atoms with Gasteiger partial charge in [0.05, 0.1) is 0 Å². The molecule has 0 aromatic rings. The Labute approximate surface area is 89.8 Å². The summed E-state index contributed by atoms with van der Waals surface area (Å²) < 4.78 is 0. The Morgan fingerprint density at radius 1 is 1.00 bits per heavy atom. The van der Waals surface area contributed by atoms with Gasteiger partial charge in [-0.15, -0.1) is 0 Å². The molecule has 0 spiro atoms. The molecule has 0 bridgehead atoms. The van der Waals surface area contributed by atoms with E-state index in [0.717, 1.165) is 5.92 Å². The third kappa shape index (κ3) is 5.47. The molecule has 0 unspecified atom stereocenters. The van der Waals surface area contributed by atoms with Crippen molar-refractivity contribution in [3.63, 3.8) is 0 Å². The van der Waals surface area contributed by atoms with Gasteiger partial charge in [0.1, 0.15) is 0 Å². The van der Waals surface area contributed by atoms with Crippen molar-refractivity contribution in [1.29, 1.82) is 0 Å². The number of hydrogen-bond donors (Lipinski definition) is 0. The number of unbranched alkanes of at least 4 members (excludes halogenated alkanes) is 6. The summed E-state index contributed by atoms with van der Waals surface area (Å²) >= 11 is 0. The van der Waals surface area contributed by atoms with E-state index in [1.807, 2.05) is 0 Å². The minimum atomic E-state index is 0.936. The first-order chi connectivity index (χ1) is 6.93. The third-order valence-corrected chi connectivity index (χ3v) is 3.29. The van der Waals surface area contributed by atoms with E-state index < -0.39 is 0 Å². The van der Waals surface area contributed by atoms with E-state index in [2.05, 4.69) is 19.1 Å². The topological polar surface area (TPSA) is 0 Å². The molecule has 0 saturated carbocycles. The molecule has 1 aliphatic carbocycles. The first kappa shape index (κ1) is 11.8. The molecule has 82 valence electrons. The lowest BCUT2D eigenvalue weighted by Crippen LogP contribution is -1.91. The number of hydrogen-bond acceptors (Lipinski definition) is 0. The third-order valence-electron chi connectivity index (χ3n) is 3.29. The quantitative estimate of drug-likeness (QED) is 0.373. The molecule has 0 fully saturated rings. The molecule has 0 N–H and O–H groups in total. The van der Waals surface area contributed by atoms with Gasteiger partial charge in [0.25, 0.3) is 0 Å². The Kier molecular flexibility index (Phi) is 6.82. The van der Waals surface area contributed by atoms with E-state index in [9.17, 15) is 0 Å². The molecule has 0 saturated heterocycles. The van der Waals surface area contributed by atoms with Crippen LogP contribution in [0.4, 0.5) is 0 Å².